The molecule has 1 aliphatic heterocycles. The van der Waals surface area contributed by atoms with Gasteiger partial charge in [-0.2, -0.15) is 5.10 Å². The first-order chi connectivity index (χ1) is 13.7. The molecule has 0 aromatic carbocycles. The summed E-state index contributed by atoms with van der Waals surface area (Å²) in [4.78, 5) is 22.8. The van der Waals surface area contributed by atoms with Gasteiger partial charge in [0.15, 0.2) is 0 Å². The van der Waals surface area contributed by atoms with Crippen LogP contribution in [0.15, 0.2) is 48.0 Å². The third kappa shape index (κ3) is 4.66. The number of amides is 1. The van der Waals surface area contributed by atoms with Crippen molar-refractivity contribution in [3.05, 3.63) is 59.4 Å². The molecular formula is C21H25N5OS. The van der Waals surface area contributed by atoms with Gasteiger partial charge >= 0.3 is 0 Å². The molecule has 3 aromatic heterocycles. The fraction of sp³-hybridized carbons (Fsp3) is 0.381. The van der Waals surface area contributed by atoms with Gasteiger partial charge in [-0.05, 0) is 43.0 Å². The highest BCUT2D eigenvalue weighted by atomic mass is 32.1. The Morgan fingerprint density at radius 3 is 2.86 bits per heavy atom. The molecule has 1 aliphatic rings. The molecule has 0 aliphatic carbocycles. The van der Waals surface area contributed by atoms with E-state index >= 15 is 0 Å². The smallest absolute Gasteiger partial charge is 0.244 e. The van der Waals surface area contributed by atoms with Gasteiger partial charge in [-0.3, -0.25) is 19.4 Å². The highest BCUT2D eigenvalue weighted by molar-refractivity contribution is 7.13. The number of carbonyl (C=O) groups is 1. The van der Waals surface area contributed by atoms with Crippen LogP contribution >= 0.6 is 11.3 Å². The third-order valence-electron chi connectivity index (χ3n) is 4.98. The average Bonchev–Trinajstić information content (AvgIpc) is 3.31. The van der Waals surface area contributed by atoms with Crippen LogP contribution in [0.5, 0.6) is 0 Å². The largest absolute Gasteiger partial charge is 0.340 e. The van der Waals surface area contributed by atoms with E-state index in [-0.39, 0.29) is 5.91 Å². The van der Waals surface area contributed by atoms with Crippen LogP contribution in [0.2, 0.25) is 0 Å². The van der Waals surface area contributed by atoms with Gasteiger partial charge in [-0.15, -0.1) is 11.3 Å². The van der Waals surface area contributed by atoms with E-state index in [1.54, 1.807) is 16.0 Å². The predicted molar refractivity (Wildman–Crippen MR) is 111 cm³/mol. The molecule has 146 valence electrons. The topological polar surface area (TPSA) is 54.3 Å². The molecule has 1 amide bonds. The number of hydrogen-bond acceptors (Lipinski definition) is 5. The Labute approximate surface area is 169 Å². The number of thiophene rings is 1. The zero-order valence-corrected chi connectivity index (χ0v) is 16.9. The molecule has 3 aromatic rings. The summed E-state index contributed by atoms with van der Waals surface area (Å²) in [5.74, 6) is 0.136. The van der Waals surface area contributed by atoms with E-state index < -0.39 is 0 Å². The zero-order valence-electron chi connectivity index (χ0n) is 16.1. The van der Waals surface area contributed by atoms with Gasteiger partial charge in [0.2, 0.25) is 5.91 Å². The first-order valence-electron chi connectivity index (χ1n) is 9.67. The second-order valence-electron chi connectivity index (χ2n) is 7.16. The minimum absolute atomic E-state index is 0.136. The van der Waals surface area contributed by atoms with E-state index in [4.69, 9.17) is 0 Å². The molecular weight excluding hydrogens is 370 g/mol. The van der Waals surface area contributed by atoms with Crippen molar-refractivity contribution < 1.29 is 4.79 Å². The summed E-state index contributed by atoms with van der Waals surface area (Å²) in [7, 11) is 0. The number of carbonyl (C=O) groups excluding carboxylic acids is 1. The van der Waals surface area contributed by atoms with E-state index in [0.29, 0.717) is 6.54 Å². The van der Waals surface area contributed by atoms with Crippen LogP contribution in [-0.2, 0) is 17.9 Å². The van der Waals surface area contributed by atoms with Gasteiger partial charge in [0, 0.05) is 44.6 Å². The van der Waals surface area contributed by atoms with Crippen LogP contribution in [0.25, 0.3) is 10.6 Å². The second-order valence-corrected chi connectivity index (χ2v) is 8.10. The molecule has 0 spiro atoms. The molecule has 7 heteroatoms. The first kappa shape index (κ1) is 18.8. The van der Waals surface area contributed by atoms with Crippen molar-refractivity contribution in [2.45, 2.75) is 26.4 Å². The summed E-state index contributed by atoms with van der Waals surface area (Å²) in [5.41, 5.74) is 3.07. The lowest BCUT2D eigenvalue weighted by atomic mass is 10.3. The third-order valence-corrected chi connectivity index (χ3v) is 5.88. The second kappa shape index (κ2) is 8.67. The van der Waals surface area contributed by atoms with Crippen LogP contribution in [0, 0.1) is 6.92 Å². The normalized spacial score (nSPS) is 15.5. The Bertz CT molecular complexity index is 921. The highest BCUT2D eigenvalue weighted by Gasteiger charge is 2.20. The standard InChI is InChI=1S/C21H25N5OS/c1-17-5-2-6-18(22-17)15-24-9-4-10-25(13-12-24)21(27)16-26-11-8-19(23-26)20-7-3-14-28-20/h2-3,5-8,11,14H,4,9-10,12-13,15-16H2,1H3. The lowest BCUT2D eigenvalue weighted by Gasteiger charge is -2.22. The summed E-state index contributed by atoms with van der Waals surface area (Å²) >= 11 is 1.66. The summed E-state index contributed by atoms with van der Waals surface area (Å²) in [6.45, 7) is 6.58. The Kier molecular flexibility index (Phi) is 5.83. The SMILES string of the molecule is Cc1cccc(CN2CCCN(C(=O)Cn3ccc(-c4cccs4)n3)CC2)n1. The number of hydrogen-bond donors (Lipinski definition) is 0. The van der Waals surface area contributed by atoms with Gasteiger partial charge in [-0.25, -0.2) is 0 Å². The molecule has 0 N–H and O–H groups in total. The Hall–Kier alpha value is -2.51. The lowest BCUT2D eigenvalue weighted by molar-refractivity contribution is -0.131. The highest BCUT2D eigenvalue weighted by Crippen LogP contribution is 2.22. The van der Waals surface area contributed by atoms with Crippen LogP contribution in [0.3, 0.4) is 0 Å². The van der Waals surface area contributed by atoms with Gasteiger partial charge < -0.3 is 4.90 Å². The first-order valence-corrected chi connectivity index (χ1v) is 10.6. The summed E-state index contributed by atoms with van der Waals surface area (Å²) in [6.07, 6.45) is 2.87. The monoisotopic (exact) mass is 395 g/mol. The average molecular weight is 396 g/mol. The fourth-order valence-electron chi connectivity index (χ4n) is 3.54. The summed E-state index contributed by atoms with van der Waals surface area (Å²) < 4.78 is 1.75. The summed E-state index contributed by atoms with van der Waals surface area (Å²) in [6, 6.07) is 12.2. The maximum atomic E-state index is 12.8. The van der Waals surface area contributed by atoms with E-state index in [2.05, 4.69) is 27.1 Å². The van der Waals surface area contributed by atoms with Crippen LogP contribution < -0.4 is 0 Å². The van der Waals surface area contributed by atoms with Crippen molar-refractivity contribution in [1.82, 2.24) is 24.6 Å². The van der Waals surface area contributed by atoms with Crippen LogP contribution in [0.1, 0.15) is 17.8 Å². The van der Waals surface area contributed by atoms with Gasteiger partial charge in [0.05, 0.1) is 10.6 Å². The fourth-order valence-corrected chi connectivity index (χ4v) is 4.23. The molecule has 1 fully saturated rings. The molecule has 0 saturated carbocycles. The van der Waals surface area contributed by atoms with E-state index in [9.17, 15) is 4.79 Å². The molecule has 0 bridgehead atoms. The van der Waals surface area contributed by atoms with Gasteiger partial charge in [-0.1, -0.05) is 12.1 Å². The van der Waals surface area contributed by atoms with E-state index in [1.165, 1.54) is 0 Å². The van der Waals surface area contributed by atoms with Gasteiger partial charge in [0.25, 0.3) is 0 Å². The maximum Gasteiger partial charge on any atom is 0.244 e. The number of aryl methyl sites for hydroxylation is 1. The lowest BCUT2D eigenvalue weighted by Crippen LogP contribution is -2.37. The maximum absolute atomic E-state index is 12.8. The molecule has 0 atom stereocenters. The Morgan fingerprint density at radius 2 is 2.04 bits per heavy atom. The number of nitrogens with zero attached hydrogens (tertiary/aromatic N) is 5. The molecule has 1 saturated heterocycles. The van der Waals surface area contributed by atoms with Crippen molar-refractivity contribution >= 4 is 17.2 Å². The minimum Gasteiger partial charge on any atom is -0.340 e. The minimum atomic E-state index is 0.136. The Balaban J connectivity index is 1.32. The van der Waals surface area contributed by atoms with Crippen molar-refractivity contribution in [1.29, 1.82) is 0 Å². The van der Waals surface area contributed by atoms with Crippen molar-refractivity contribution in [3.8, 4) is 10.6 Å². The summed E-state index contributed by atoms with van der Waals surface area (Å²) in [5, 5.41) is 6.59. The van der Waals surface area contributed by atoms with Crippen LogP contribution in [0.4, 0.5) is 0 Å². The zero-order chi connectivity index (χ0) is 19.3. The molecule has 6 nitrogen and oxygen atoms in total. The number of rotatable bonds is 5. The quantitative estimate of drug-likeness (QED) is 0.666. The van der Waals surface area contributed by atoms with Crippen LogP contribution in [-0.4, -0.2) is 56.7 Å². The Morgan fingerprint density at radius 1 is 1.11 bits per heavy atom. The van der Waals surface area contributed by atoms with E-state index in [0.717, 1.165) is 61.1 Å². The van der Waals surface area contributed by atoms with Gasteiger partial charge in [0.1, 0.15) is 12.2 Å². The van der Waals surface area contributed by atoms with Crippen molar-refractivity contribution in [3.63, 3.8) is 0 Å². The number of aromatic nitrogens is 3. The molecule has 4 heterocycles. The van der Waals surface area contributed by atoms with E-state index in [1.807, 2.05) is 47.7 Å². The van der Waals surface area contributed by atoms with Crippen molar-refractivity contribution in [2.24, 2.45) is 0 Å². The molecule has 4 rings (SSSR count). The molecule has 0 radical (unpaired) electrons. The molecule has 28 heavy (non-hydrogen) atoms. The predicted octanol–water partition coefficient (Wildman–Crippen LogP) is 3.05. The molecule has 0 unspecified atom stereocenters. The van der Waals surface area contributed by atoms with Crippen molar-refractivity contribution in [2.75, 3.05) is 26.2 Å². The number of pyridine rings is 1.